The summed E-state index contributed by atoms with van der Waals surface area (Å²) in [4.78, 5) is 7.71. The lowest BCUT2D eigenvalue weighted by Gasteiger charge is -2.14. The number of aliphatic hydroxyl groups is 1. The Labute approximate surface area is 82.0 Å². The fourth-order valence-corrected chi connectivity index (χ4v) is 1.05. The van der Waals surface area contributed by atoms with Gasteiger partial charge in [-0.3, -0.25) is 0 Å². The molecule has 1 unspecified atom stereocenters. The van der Waals surface area contributed by atoms with Gasteiger partial charge in [0.05, 0.1) is 18.8 Å². The van der Waals surface area contributed by atoms with E-state index in [4.69, 9.17) is 16.7 Å². The van der Waals surface area contributed by atoms with Gasteiger partial charge < -0.3 is 10.4 Å². The highest BCUT2D eigenvalue weighted by Gasteiger charge is 2.07. The van der Waals surface area contributed by atoms with E-state index in [-0.39, 0.29) is 12.6 Å². The minimum Gasteiger partial charge on any atom is -0.394 e. The average Bonchev–Trinajstić information content (AvgIpc) is 2.17. The van der Waals surface area contributed by atoms with Crippen LogP contribution in [-0.4, -0.2) is 27.7 Å². The normalized spacial score (nSPS) is 12.5. The Hall–Kier alpha value is -0.870. The number of nitrogens with zero attached hydrogens (tertiary/aromatic N) is 2. The third-order valence-corrected chi connectivity index (χ3v) is 2.00. The maximum absolute atomic E-state index is 8.93. The van der Waals surface area contributed by atoms with Crippen molar-refractivity contribution in [2.24, 2.45) is 0 Å². The molecule has 1 aromatic rings. The molecule has 0 saturated heterocycles. The smallest absolute Gasteiger partial charge is 0.148 e. The standard InChI is InChI=1S/C8H12ClN3O/c1-2-6(4-13)12-8-7(9)3-10-5-11-8/h3,5-6,13H,2,4H2,1H3,(H,10,11,12). The van der Waals surface area contributed by atoms with Crippen molar-refractivity contribution in [3.8, 4) is 0 Å². The topological polar surface area (TPSA) is 58.0 Å². The number of anilines is 1. The second-order valence-corrected chi connectivity index (χ2v) is 3.06. The molecule has 4 nitrogen and oxygen atoms in total. The molecule has 13 heavy (non-hydrogen) atoms. The lowest BCUT2D eigenvalue weighted by molar-refractivity contribution is 0.271. The number of aliphatic hydroxyl groups excluding tert-OH is 1. The summed E-state index contributed by atoms with van der Waals surface area (Å²) in [6.45, 7) is 2.04. The molecule has 0 aromatic carbocycles. The second-order valence-electron chi connectivity index (χ2n) is 2.65. The summed E-state index contributed by atoms with van der Waals surface area (Å²) in [5, 5.41) is 12.4. The van der Waals surface area contributed by atoms with Crippen LogP contribution in [0.3, 0.4) is 0 Å². The molecule has 1 heterocycles. The van der Waals surface area contributed by atoms with Gasteiger partial charge in [0.2, 0.25) is 0 Å². The summed E-state index contributed by atoms with van der Waals surface area (Å²) in [7, 11) is 0. The van der Waals surface area contributed by atoms with Crippen LogP contribution in [0.4, 0.5) is 5.82 Å². The lowest BCUT2D eigenvalue weighted by atomic mass is 10.2. The van der Waals surface area contributed by atoms with Gasteiger partial charge in [0, 0.05) is 0 Å². The van der Waals surface area contributed by atoms with Gasteiger partial charge in [0.25, 0.3) is 0 Å². The molecule has 0 amide bonds. The quantitative estimate of drug-likeness (QED) is 0.772. The van der Waals surface area contributed by atoms with Crippen molar-refractivity contribution in [1.82, 2.24) is 9.97 Å². The van der Waals surface area contributed by atoms with E-state index in [2.05, 4.69) is 15.3 Å². The van der Waals surface area contributed by atoms with Gasteiger partial charge in [-0.15, -0.1) is 0 Å². The minimum atomic E-state index is -0.00704. The van der Waals surface area contributed by atoms with E-state index in [0.29, 0.717) is 10.8 Å². The Morgan fingerprint density at radius 2 is 2.46 bits per heavy atom. The van der Waals surface area contributed by atoms with Gasteiger partial charge in [-0.05, 0) is 6.42 Å². The van der Waals surface area contributed by atoms with Crippen molar-refractivity contribution in [1.29, 1.82) is 0 Å². The SMILES string of the molecule is CCC(CO)Nc1ncncc1Cl. The molecule has 0 aliphatic carbocycles. The van der Waals surface area contributed by atoms with Gasteiger partial charge in [-0.25, -0.2) is 9.97 Å². The molecule has 0 bridgehead atoms. The van der Waals surface area contributed by atoms with Crippen molar-refractivity contribution in [2.75, 3.05) is 11.9 Å². The first-order valence-electron chi connectivity index (χ1n) is 4.10. The van der Waals surface area contributed by atoms with E-state index >= 15 is 0 Å². The summed E-state index contributed by atoms with van der Waals surface area (Å²) in [5.41, 5.74) is 0. The summed E-state index contributed by atoms with van der Waals surface area (Å²) >= 11 is 5.81. The molecule has 5 heteroatoms. The van der Waals surface area contributed by atoms with Crippen LogP contribution in [0.2, 0.25) is 5.02 Å². The molecule has 2 N–H and O–H groups in total. The Bertz CT molecular complexity index is 265. The van der Waals surface area contributed by atoms with E-state index in [1.807, 2.05) is 6.92 Å². The largest absolute Gasteiger partial charge is 0.394 e. The third-order valence-electron chi connectivity index (χ3n) is 1.72. The Morgan fingerprint density at radius 3 is 3.00 bits per heavy atom. The first-order valence-corrected chi connectivity index (χ1v) is 4.48. The van der Waals surface area contributed by atoms with Crippen LogP contribution in [-0.2, 0) is 0 Å². The van der Waals surface area contributed by atoms with Crippen LogP contribution < -0.4 is 5.32 Å². The summed E-state index contributed by atoms with van der Waals surface area (Å²) < 4.78 is 0. The van der Waals surface area contributed by atoms with Crippen LogP contribution in [0.5, 0.6) is 0 Å². The average molecular weight is 202 g/mol. The molecule has 1 atom stereocenters. The maximum Gasteiger partial charge on any atom is 0.148 e. The molecule has 1 rings (SSSR count). The summed E-state index contributed by atoms with van der Waals surface area (Å²) in [6.07, 6.45) is 3.75. The predicted molar refractivity (Wildman–Crippen MR) is 51.8 cm³/mol. The van der Waals surface area contributed by atoms with Crippen molar-refractivity contribution in [3.63, 3.8) is 0 Å². The van der Waals surface area contributed by atoms with Crippen molar-refractivity contribution in [2.45, 2.75) is 19.4 Å². The van der Waals surface area contributed by atoms with Gasteiger partial charge >= 0.3 is 0 Å². The molecule has 72 valence electrons. The van der Waals surface area contributed by atoms with Crippen LogP contribution in [0.1, 0.15) is 13.3 Å². The van der Waals surface area contributed by atoms with E-state index in [1.54, 1.807) is 0 Å². The zero-order valence-corrected chi connectivity index (χ0v) is 8.12. The van der Waals surface area contributed by atoms with E-state index < -0.39 is 0 Å². The predicted octanol–water partition coefficient (Wildman–Crippen LogP) is 1.31. The monoisotopic (exact) mass is 201 g/mol. The van der Waals surface area contributed by atoms with Crippen molar-refractivity contribution in [3.05, 3.63) is 17.5 Å². The number of aromatic nitrogens is 2. The summed E-state index contributed by atoms with van der Waals surface area (Å²) in [5.74, 6) is 0.567. The molecule has 0 radical (unpaired) electrons. The first-order chi connectivity index (χ1) is 6.27. The number of nitrogens with one attached hydrogen (secondary N) is 1. The highest BCUT2D eigenvalue weighted by Crippen LogP contribution is 2.17. The van der Waals surface area contributed by atoms with Crippen molar-refractivity contribution >= 4 is 17.4 Å². The van der Waals surface area contributed by atoms with Gasteiger partial charge in [-0.2, -0.15) is 0 Å². The first kappa shape index (κ1) is 10.2. The molecular formula is C8H12ClN3O. The number of rotatable bonds is 4. The Kier molecular flexibility index (Phi) is 3.92. The molecule has 0 aliphatic rings. The summed E-state index contributed by atoms with van der Waals surface area (Å²) in [6, 6.07) is -0.00704. The zero-order valence-electron chi connectivity index (χ0n) is 7.37. The zero-order chi connectivity index (χ0) is 9.68. The maximum atomic E-state index is 8.93. The Morgan fingerprint density at radius 1 is 1.69 bits per heavy atom. The molecule has 1 aromatic heterocycles. The van der Waals surface area contributed by atoms with Gasteiger partial charge in [0.1, 0.15) is 17.2 Å². The molecule has 0 saturated carbocycles. The highest BCUT2D eigenvalue weighted by atomic mass is 35.5. The van der Waals surface area contributed by atoms with Crippen LogP contribution in [0.25, 0.3) is 0 Å². The van der Waals surface area contributed by atoms with Crippen LogP contribution >= 0.6 is 11.6 Å². The fraction of sp³-hybridized carbons (Fsp3) is 0.500. The van der Waals surface area contributed by atoms with E-state index in [0.717, 1.165) is 6.42 Å². The minimum absolute atomic E-state index is 0.00704. The molecule has 0 aliphatic heterocycles. The lowest BCUT2D eigenvalue weighted by Crippen LogP contribution is -2.23. The van der Waals surface area contributed by atoms with E-state index in [1.165, 1.54) is 12.5 Å². The van der Waals surface area contributed by atoms with Gasteiger partial charge in [-0.1, -0.05) is 18.5 Å². The number of halogens is 1. The third kappa shape index (κ3) is 2.82. The Balaban J connectivity index is 2.67. The van der Waals surface area contributed by atoms with Crippen molar-refractivity contribution < 1.29 is 5.11 Å². The molecule has 0 spiro atoms. The number of hydrogen-bond acceptors (Lipinski definition) is 4. The van der Waals surface area contributed by atoms with Gasteiger partial charge in [0.15, 0.2) is 0 Å². The number of hydrogen-bond donors (Lipinski definition) is 2. The fourth-order valence-electron chi connectivity index (χ4n) is 0.889. The second kappa shape index (κ2) is 4.99. The molecular weight excluding hydrogens is 190 g/mol. The highest BCUT2D eigenvalue weighted by molar-refractivity contribution is 6.32. The molecule has 0 fully saturated rings. The van der Waals surface area contributed by atoms with E-state index in [9.17, 15) is 0 Å². The van der Waals surface area contributed by atoms with Crippen LogP contribution in [0, 0.1) is 0 Å². The van der Waals surface area contributed by atoms with Crippen LogP contribution in [0.15, 0.2) is 12.5 Å².